The third-order valence-electron chi connectivity index (χ3n) is 2.18. The highest BCUT2D eigenvalue weighted by molar-refractivity contribution is 5.37. The Morgan fingerprint density at radius 2 is 2.13 bits per heavy atom. The molecule has 1 rings (SSSR count). The summed E-state index contributed by atoms with van der Waals surface area (Å²) in [7, 11) is 0. The van der Waals surface area contributed by atoms with Gasteiger partial charge >= 0.3 is 0 Å². The topological polar surface area (TPSA) is 33.0 Å². The summed E-state index contributed by atoms with van der Waals surface area (Å²) in [6.07, 6.45) is 0. The Morgan fingerprint density at radius 1 is 1.40 bits per heavy atom. The zero-order chi connectivity index (χ0) is 11.3. The molecule has 1 aromatic rings. The van der Waals surface area contributed by atoms with Crippen molar-refractivity contribution in [2.75, 3.05) is 6.61 Å². The second kappa shape index (κ2) is 5.53. The SMILES string of the molecule is Cc1cc(C#N)ccc1COCC(C)C. The lowest BCUT2D eigenvalue weighted by molar-refractivity contribution is 0.0967. The monoisotopic (exact) mass is 203 g/mol. The molecule has 0 spiro atoms. The normalized spacial score (nSPS) is 10.3. The van der Waals surface area contributed by atoms with Gasteiger partial charge in [0.15, 0.2) is 0 Å². The molecule has 15 heavy (non-hydrogen) atoms. The van der Waals surface area contributed by atoms with Crippen LogP contribution >= 0.6 is 0 Å². The lowest BCUT2D eigenvalue weighted by Gasteiger charge is -2.09. The van der Waals surface area contributed by atoms with Gasteiger partial charge < -0.3 is 4.74 Å². The van der Waals surface area contributed by atoms with Gasteiger partial charge in [-0.25, -0.2) is 0 Å². The molecule has 0 atom stereocenters. The predicted octanol–water partition coefficient (Wildman–Crippen LogP) is 3.04. The zero-order valence-electron chi connectivity index (χ0n) is 9.58. The maximum Gasteiger partial charge on any atom is 0.0991 e. The van der Waals surface area contributed by atoms with Gasteiger partial charge in [-0.15, -0.1) is 0 Å². The summed E-state index contributed by atoms with van der Waals surface area (Å²) in [5, 5.41) is 8.72. The van der Waals surface area contributed by atoms with E-state index < -0.39 is 0 Å². The Hall–Kier alpha value is -1.33. The molecule has 0 fully saturated rings. The number of ether oxygens (including phenoxy) is 1. The maximum absolute atomic E-state index is 8.72. The maximum atomic E-state index is 8.72. The van der Waals surface area contributed by atoms with Gasteiger partial charge in [0, 0.05) is 6.61 Å². The standard InChI is InChI=1S/C13H17NO/c1-10(2)8-15-9-13-5-4-12(7-14)6-11(13)3/h4-6,10H,8-9H2,1-3H3. The number of benzene rings is 1. The van der Waals surface area contributed by atoms with Crippen molar-refractivity contribution in [2.24, 2.45) is 5.92 Å². The van der Waals surface area contributed by atoms with E-state index in [1.54, 1.807) is 0 Å². The molecule has 2 nitrogen and oxygen atoms in total. The average Bonchev–Trinajstić information content (AvgIpc) is 2.20. The minimum atomic E-state index is 0.559. The summed E-state index contributed by atoms with van der Waals surface area (Å²) in [6, 6.07) is 7.83. The van der Waals surface area contributed by atoms with Crippen molar-refractivity contribution in [3.05, 3.63) is 34.9 Å². The molecule has 0 aliphatic heterocycles. The van der Waals surface area contributed by atoms with Crippen LogP contribution in [0.15, 0.2) is 18.2 Å². The van der Waals surface area contributed by atoms with Crippen molar-refractivity contribution < 1.29 is 4.74 Å². The molecule has 0 saturated heterocycles. The average molecular weight is 203 g/mol. The van der Waals surface area contributed by atoms with Crippen molar-refractivity contribution in [1.82, 2.24) is 0 Å². The molecule has 0 saturated carbocycles. The van der Waals surface area contributed by atoms with Crippen LogP contribution in [0, 0.1) is 24.2 Å². The van der Waals surface area contributed by atoms with Crippen LogP contribution in [0.3, 0.4) is 0 Å². The summed E-state index contributed by atoms with van der Waals surface area (Å²) in [6.45, 7) is 7.68. The molecular weight excluding hydrogens is 186 g/mol. The van der Waals surface area contributed by atoms with Gasteiger partial charge in [-0.1, -0.05) is 19.9 Å². The number of hydrogen-bond acceptors (Lipinski definition) is 2. The number of rotatable bonds is 4. The van der Waals surface area contributed by atoms with Gasteiger partial charge in [0.25, 0.3) is 0 Å². The van der Waals surface area contributed by atoms with Crippen molar-refractivity contribution in [3.8, 4) is 6.07 Å². The molecular formula is C13H17NO. The van der Waals surface area contributed by atoms with Crippen LogP contribution in [-0.2, 0) is 11.3 Å². The highest BCUT2D eigenvalue weighted by atomic mass is 16.5. The Morgan fingerprint density at radius 3 is 2.67 bits per heavy atom. The molecule has 80 valence electrons. The van der Waals surface area contributed by atoms with E-state index in [0.717, 1.165) is 17.7 Å². The summed E-state index contributed by atoms with van der Waals surface area (Å²) >= 11 is 0. The molecule has 0 amide bonds. The first-order chi connectivity index (χ1) is 7.13. The van der Waals surface area contributed by atoms with Crippen LogP contribution in [0.2, 0.25) is 0 Å². The highest BCUT2D eigenvalue weighted by Gasteiger charge is 2.01. The summed E-state index contributed by atoms with van der Waals surface area (Å²) < 4.78 is 5.55. The minimum Gasteiger partial charge on any atom is -0.376 e. The van der Waals surface area contributed by atoms with Gasteiger partial charge in [0.05, 0.1) is 18.2 Å². The van der Waals surface area contributed by atoms with Crippen LogP contribution in [-0.4, -0.2) is 6.61 Å². The van der Waals surface area contributed by atoms with E-state index in [4.69, 9.17) is 10.00 Å². The molecule has 0 aromatic heterocycles. The van der Waals surface area contributed by atoms with Crippen LogP contribution in [0.4, 0.5) is 0 Å². The van der Waals surface area contributed by atoms with Gasteiger partial charge in [0.1, 0.15) is 0 Å². The van der Waals surface area contributed by atoms with E-state index in [-0.39, 0.29) is 0 Å². The molecule has 0 bridgehead atoms. The Kier molecular flexibility index (Phi) is 4.33. The fourth-order valence-electron chi connectivity index (χ4n) is 1.33. The summed E-state index contributed by atoms with van der Waals surface area (Å²) in [4.78, 5) is 0. The third kappa shape index (κ3) is 3.73. The van der Waals surface area contributed by atoms with Gasteiger partial charge in [0.2, 0.25) is 0 Å². The van der Waals surface area contributed by atoms with Gasteiger partial charge in [-0.05, 0) is 36.1 Å². The Labute approximate surface area is 91.5 Å². The highest BCUT2D eigenvalue weighted by Crippen LogP contribution is 2.12. The molecule has 1 aromatic carbocycles. The van der Waals surface area contributed by atoms with E-state index in [2.05, 4.69) is 19.9 Å². The lowest BCUT2D eigenvalue weighted by Crippen LogP contribution is -2.03. The molecule has 0 N–H and O–H groups in total. The quantitative estimate of drug-likeness (QED) is 0.753. The van der Waals surface area contributed by atoms with Crippen LogP contribution < -0.4 is 0 Å². The van der Waals surface area contributed by atoms with E-state index in [9.17, 15) is 0 Å². The number of hydrogen-bond donors (Lipinski definition) is 0. The Balaban J connectivity index is 2.59. The van der Waals surface area contributed by atoms with E-state index in [1.807, 2.05) is 25.1 Å². The fourth-order valence-corrected chi connectivity index (χ4v) is 1.33. The molecule has 0 heterocycles. The first-order valence-corrected chi connectivity index (χ1v) is 5.21. The fraction of sp³-hybridized carbons (Fsp3) is 0.462. The van der Waals surface area contributed by atoms with Gasteiger partial charge in [-0.2, -0.15) is 5.26 Å². The van der Waals surface area contributed by atoms with Crippen molar-refractivity contribution in [2.45, 2.75) is 27.4 Å². The predicted molar refractivity (Wildman–Crippen MR) is 60.4 cm³/mol. The zero-order valence-corrected chi connectivity index (χ0v) is 9.58. The first-order valence-electron chi connectivity index (χ1n) is 5.21. The number of nitriles is 1. The van der Waals surface area contributed by atoms with Crippen LogP contribution in [0.5, 0.6) is 0 Å². The summed E-state index contributed by atoms with van der Waals surface area (Å²) in [5.41, 5.74) is 2.99. The van der Waals surface area contributed by atoms with Crippen molar-refractivity contribution in [1.29, 1.82) is 5.26 Å². The first kappa shape index (κ1) is 11.7. The van der Waals surface area contributed by atoms with E-state index >= 15 is 0 Å². The molecule has 0 aliphatic rings. The number of nitrogens with zero attached hydrogens (tertiary/aromatic N) is 1. The minimum absolute atomic E-state index is 0.559. The van der Waals surface area contributed by atoms with E-state index in [1.165, 1.54) is 0 Å². The van der Waals surface area contributed by atoms with Crippen LogP contribution in [0.1, 0.15) is 30.5 Å². The lowest BCUT2D eigenvalue weighted by atomic mass is 10.1. The van der Waals surface area contributed by atoms with Crippen LogP contribution in [0.25, 0.3) is 0 Å². The largest absolute Gasteiger partial charge is 0.376 e. The molecule has 0 unspecified atom stereocenters. The van der Waals surface area contributed by atoms with E-state index in [0.29, 0.717) is 18.1 Å². The molecule has 2 heteroatoms. The third-order valence-corrected chi connectivity index (χ3v) is 2.18. The smallest absolute Gasteiger partial charge is 0.0991 e. The van der Waals surface area contributed by atoms with Gasteiger partial charge in [-0.3, -0.25) is 0 Å². The molecule has 0 radical (unpaired) electrons. The van der Waals surface area contributed by atoms with Crippen molar-refractivity contribution in [3.63, 3.8) is 0 Å². The second-order valence-electron chi connectivity index (χ2n) is 4.16. The number of aryl methyl sites for hydroxylation is 1. The molecule has 0 aliphatic carbocycles. The second-order valence-corrected chi connectivity index (χ2v) is 4.16. The Bertz CT molecular complexity index is 363. The summed E-state index contributed by atoms with van der Waals surface area (Å²) in [5.74, 6) is 0.559. The van der Waals surface area contributed by atoms with Crippen molar-refractivity contribution >= 4 is 0 Å².